The Bertz CT molecular complexity index is 430. The third-order valence-corrected chi connectivity index (χ3v) is 2.37. The van der Waals surface area contributed by atoms with Gasteiger partial charge in [-0.25, -0.2) is 0 Å². The van der Waals surface area contributed by atoms with E-state index in [0.717, 1.165) is 0 Å². The number of anilines is 1. The van der Waals surface area contributed by atoms with Crippen LogP contribution >= 0.6 is 0 Å². The number of carbonyl (C=O) groups is 2. The highest BCUT2D eigenvalue weighted by Crippen LogP contribution is 2.34. The number of ether oxygens (including phenoxy) is 2. The van der Waals surface area contributed by atoms with E-state index in [1.165, 1.54) is 12.0 Å². The zero-order chi connectivity index (χ0) is 11.5. The van der Waals surface area contributed by atoms with Gasteiger partial charge in [0.25, 0.3) is 5.91 Å². The minimum absolute atomic E-state index is 0.0301. The molecule has 1 aromatic carbocycles. The van der Waals surface area contributed by atoms with E-state index in [9.17, 15) is 9.59 Å². The van der Waals surface area contributed by atoms with Gasteiger partial charge in [-0.05, 0) is 12.1 Å². The predicted molar refractivity (Wildman–Crippen MR) is 56.9 cm³/mol. The van der Waals surface area contributed by atoms with Crippen LogP contribution in [0.1, 0.15) is 0 Å². The minimum Gasteiger partial charge on any atom is -0.497 e. The van der Waals surface area contributed by atoms with E-state index < -0.39 is 0 Å². The van der Waals surface area contributed by atoms with Crippen molar-refractivity contribution in [2.24, 2.45) is 0 Å². The number of amides is 1. The van der Waals surface area contributed by atoms with Gasteiger partial charge in [-0.2, -0.15) is 0 Å². The second-order valence-electron chi connectivity index (χ2n) is 3.29. The van der Waals surface area contributed by atoms with Crippen LogP contribution in [0.2, 0.25) is 0 Å². The maximum atomic E-state index is 11.5. The highest BCUT2D eigenvalue weighted by Gasteiger charge is 2.25. The maximum Gasteiger partial charge on any atom is 0.265 e. The van der Waals surface area contributed by atoms with Crippen molar-refractivity contribution in [1.29, 1.82) is 0 Å². The standard InChI is InChI=1S/C11H11NO4/c1-15-8-2-3-10-9(6-8)12(4-5-13)11(14)7-16-10/h2-3,5-6H,4,7H2,1H3. The van der Waals surface area contributed by atoms with Gasteiger partial charge in [-0.1, -0.05) is 0 Å². The van der Waals surface area contributed by atoms with Crippen LogP contribution in [0.4, 0.5) is 5.69 Å². The van der Waals surface area contributed by atoms with Crippen molar-refractivity contribution in [2.45, 2.75) is 0 Å². The number of nitrogens with zero attached hydrogens (tertiary/aromatic N) is 1. The molecule has 1 aliphatic rings. The predicted octanol–water partition coefficient (Wildman–Crippen LogP) is 0.619. The largest absolute Gasteiger partial charge is 0.497 e. The number of aldehydes is 1. The molecule has 16 heavy (non-hydrogen) atoms. The van der Waals surface area contributed by atoms with Crippen molar-refractivity contribution < 1.29 is 19.1 Å². The van der Waals surface area contributed by atoms with Crippen LogP contribution in [0.15, 0.2) is 18.2 Å². The average Bonchev–Trinajstić information content (AvgIpc) is 2.32. The van der Waals surface area contributed by atoms with E-state index in [2.05, 4.69) is 0 Å². The normalized spacial score (nSPS) is 14.1. The molecule has 84 valence electrons. The first kappa shape index (κ1) is 10.5. The first-order valence-corrected chi connectivity index (χ1v) is 4.81. The van der Waals surface area contributed by atoms with Crippen molar-refractivity contribution in [3.63, 3.8) is 0 Å². The van der Waals surface area contributed by atoms with E-state index in [1.54, 1.807) is 18.2 Å². The first-order valence-electron chi connectivity index (χ1n) is 4.81. The van der Waals surface area contributed by atoms with E-state index in [-0.39, 0.29) is 19.1 Å². The van der Waals surface area contributed by atoms with E-state index in [0.29, 0.717) is 23.5 Å². The molecular formula is C11H11NO4. The molecule has 0 radical (unpaired) electrons. The highest BCUT2D eigenvalue weighted by atomic mass is 16.5. The topological polar surface area (TPSA) is 55.8 Å². The lowest BCUT2D eigenvalue weighted by Gasteiger charge is -2.27. The Labute approximate surface area is 92.6 Å². The molecule has 0 aliphatic carbocycles. The number of hydrogen-bond donors (Lipinski definition) is 0. The molecule has 0 saturated carbocycles. The molecule has 0 unspecified atom stereocenters. The lowest BCUT2D eigenvalue weighted by Crippen LogP contribution is -2.39. The van der Waals surface area contributed by atoms with Crippen molar-refractivity contribution in [1.82, 2.24) is 0 Å². The molecule has 1 aliphatic heterocycles. The third-order valence-electron chi connectivity index (χ3n) is 2.37. The van der Waals surface area contributed by atoms with Gasteiger partial charge in [0.1, 0.15) is 17.8 Å². The molecule has 0 bridgehead atoms. The van der Waals surface area contributed by atoms with E-state index in [4.69, 9.17) is 9.47 Å². The van der Waals surface area contributed by atoms with Crippen molar-refractivity contribution in [2.75, 3.05) is 25.2 Å². The van der Waals surface area contributed by atoms with Gasteiger partial charge < -0.3 is 14.3 Å². The van der Waals surface area contributed by atoms with Gasteiger partial charge in [0.05, 0.1) is 19.3 Å². The average molecular weight is 221 g/mol. The summed E-state index contributed by atoms with van der Waals surface area (Å²) >= 11 is 0. The van der Waals surface area contributed by atoms with Crippen LogP contribution in [0, 0.1) is 0 Å². The molecule has 1 aromatic rings. The van der Waals surface area contributed by atoms with Gasteiger partial charge >= 0.3 is 0 Å². The van der Waals surface area contributed by atoms with E-state index in [1.807, 2.05) is 0 Å². The molecule has 0 atom stereocenters. The fourth-order valence-corrected chi connectivity index (χ4v) is 1.58. The number of rotatable bonds is 3. The molecule has 0 fully saturated rings. The Hall–Kier alpha value is -2.04. The number of methoxy groups -OCH3 is 1. The molecule has 5 nitrogen and oxygen atoms in total. The van der Waals surface area contributed by atoms with Crippen molar-refractivity contribution in [3.05, 3.63) is 18.2 Å². The Morgan fingerprint density at radius 2 is 2.38 bits per heavy atom. The summed E-state index contributed by atoms with van der Waals surface area (Å²) in [6.07, 6.45) is 0.687. The number of benzene rings is 1. The van der Waals surface area contributed by atoms with Crippen LogP contribution in [-0.2, 0) is 9.59 Å². The molecule has 0 aromatic heterocycles. The Balaban J connectivity index is 2.43. The van der Waals surface area contributed by atoms with Gasteiger partial charge in [0.15, 0.2) is 6.61 Å². The summed E-state index contributed by atoms with van der Waals surface area (Å²) in [4.78, 5) is 23.4. The van der Waals surface area contributed by atoms with Gasteiger partial charge in [0.2, 0.25) is 0 Å². The third kappa shape index (κ3) is 1.71. The van der Waals surface area contributed by atoms with Gasteiger partial charge in [-0.15, -0.1) is 0 Å². The van der Waals surface area contributed by atoms with Crippen LogP contribution in [-0.4, -0.2) is 32.5 Å². The highest BCUT2D eigenvalue weighted by molar-refractivity contribution is 6.00. The monoisotopic (exact) mass is 221 g/mol. The van der Waals surface area contributed by atoms with Gasteiger partial charge in [-0.3, -0.25) is 9.69 Å². The Morgan fingerprint density at radius 1 is 1.56 bits per heavy atom. The molecule has 5 heteroatoms. The Kier molecular flexibility index (Phi) is 2.76. The molecule has 0 saturated heterocycles. The maximum absolute atomic E-state index is 11.5. The Morgan fingerprint density at radius 3 is 3.06 bits per heavy atom. The smallest absolute Gasteiger partial charge is 0.265 e. The quantitative estimate of drug-likeness (QED) is 0.702. The zero-order valence-electron chi connectivity index (χ0n) is 8.80. The SMILES string of the molecule is COc1ccc2c(c1)N(CC=O)C(=O)CO2. The van der Waals surface area contributed by atoms with Crippen LogP contribution in [0.5, 0.6) is 11.5 Å². The number of hydrogen-bond acceptors (Lipinski definition) is 4. The molecule has 1 amide bonds. The van der Waals surface area contributed by atoms with E-state index >= 15 is 0 Å². The summed E-state index contributed by atoms with van der Waals surface area (Å²) in [5.74, 6) is 0.975. The van der Waals surface area contributed by atoms with Gasteiger partial charge in [0, 0.05) is 6.07 Å². The molecule has 2 rings (SSSR count). The number of carbonyl (C=O) groups excluding carboxylic acids is 2. The van der Waals surface area contributed by atoms with Crippen LogP contribution in [0.3, 0.4) is 0 Å². The summed E-state index contributed by atoms with van der Waals surface area (Å²) in [6, 6.07) is 5.14. The van der Waals surface area contributed by atoms with Crippen molar-refractivity contribution in [3.8, 4) is 11.5 Å². The minimum atomic E-state index is -0.229. The zero-order valence-corrected chi connectivity index (χ0v) is 8.80. The lowest BCUT2D eigenvalue weighted by molar-refractivity contribution is -0.122. The van der Waals surface area contributed by atoms with Crippen LogP contribution in [0.25, 0.3) is 0 Å². The van der Waals surface area contributed by atoms with Crippen LogP contribution < -0.4 is 14.4 Å². The molecule has 0 N–H and O–H groups in total. The fraction of sp³-hybridized carbons (Fsp3) is 0.273. The molecule has 0 spiro atoms. The van der Waals surface area contributed by atoms with Crippen molar-refractivity contribution >= 4 is 17.9 Å². The molecular weight excluding hydrogens is 210 g/mol. The lowest BCUT2D eigenvalue weighted by atomic mass is 10.2. The summed E-state index contributed by atoms with van der Waals surface area (Å²) in [5, 5.41) is 0. The number of fused-ring (bicyclic) bond motifs is 1. The molecule has 1 heterocycles. The second-order valence-corrected chi connectivity index (χ2v) is 3.29. The summed E-state index contributed by atoms with van der Waals surface area (Å²) < 4.78 is 10.3. The second kappa shape index (κ2) is 4.22. The summed E-state index contributed by atoms with van der Waals surface area (Å²) in [6.45, 7) is -0.00443. The summed E-state index contributed by atoms with van der Waals surface area (Å²) in [5.41, 5.74) is 0.572. The summed E-state index contributed by atoms with van der Waals surface area (Å²) in [7, 11) is 1.54. The first-order chi connectivity index (χ1) is 7.76. The fourth-order valence-electron chi connectivity index (χ4n) is 1.58.